The van der Waals surface area contributed by atoms with E-state index in [0.717, 1.165) is 55.4 Å². The Bertz CT molecular complexity index is 1550. The van der Waals surface area contributed by atoms with Crippen molar-refractivity contribution < 1.29 is 24.1 Å². The minimum absolute atomic E-state index is 0.258. The van der Waals surface area contributed by atoms with Crippen LogP contribution >= 0.6 is 0 Å². The van der Waals surface area contributed by atoms with Gasteiger partial charge in [-0.05, 0) is 43.0 Å². The number of carbonyl (C=O) groups is 1. The molecule has 1 heterocycles. The third kappa shape index (κ3) is 4.45. The molecule has 0 radical (unpaired) electrons. The predicted molar refractivity (Wildman–Crippen MR) is 141 cm³/mol. The van der Waals surface area contributed by atoms with Gasteiger partial charge in [-0.25, -0.2) is 4.79 Å². The van der Waals surface area contributed by atoms with Crippen LogP contribution in [0.25, 0.3) is 32.8 Å². The topological polar surface area (TPSA) is 80.8 Å². The Balaban J connectivity index is 1.41. The molecule has 182 valence electrons. The Kier molecular flexibility index (Phi) is 6.50. The molecule has 0 aliphatic rings. The molecule has 1 aromatic heterocycles. The fraction of sp³-hybridized carbons (Fsp3) is 0.167. The van der Waals surface area contributed by atoms with Crippen molar-refractivity contribution in [2.75, 3.05) is 13.7 Å². The maximum absolute atomic E-state index is 11.4. The van der Waals surface area contributed by atoms with Crippen molar-refractivity contribution >= 4 is 27.8 Å². The van der Waals surface area contributed by atoms with Gasteiger partial charge in [0.05, 0.1) is 19.2 Å². The zero-order valence-corrected chi connectivity index (χ0v) is 20.2. The average Bonchev–Trinajstić information content (AvgIpc) is 3.23. The monoisotopic (exact) mass is 481 g/mol. The predicted octanol–water partition coefficient (Wildman–Crippen LogP) is 7.37. The summed E-state index contributed by atoms with van der Waals surface area (Å²) in [4.78, 5) is 14.6. The summed E-state index contributed by atoms with van der Waals surface area (Å²) in [7, 11) is 1.66. The molecule has 2 N–H and O–H groups in total. The second-order valence-corrected chi connectivity index (χ2v) is 8.61. The normalized spacial score (nSPS) is 11.1. The Morgan fingerprint density at radius 1 is 0.833 bits per heavy atom. The molecular weight excluding hydrogens is 454 g/mol. The van der Waals surface area contributed by atoms with E-state index >= 15 is 0 Å². The summed E-state index contributed by atoms with van der Waals surface area (Å²) in [5.41, 5.74) is 4.92. The molecule has 0 fully saturated rings. The van der Waals surface area contributed by atoms with Crippen LogP contribution in [0.3, 0.4) is 0 Å². The number of benzene rings is 4. The number of nitrogens with one attached hydrogen (secondary N) is 1. The molecule has 0 atom stereocenters. The van der Waals surface area contributed by atoms with Crippen molar-refractivity contribution in [3.8, 4) is 28.5 Å². The van der Waals surface area contributed by atoms with Gasteiger partial charge in [-0.1, -0.05) is 66.7 Å². The lowest BCUT2D eigenvalue weighted by atomic mass is 9.97. The number of aryl methyl sites for hydroxylation is 2. The molecule has 0 saturated heterocycles. The number of methoxy groups -OCH3 is 1. The summed E-state index contributed by atoms with van der Waals surface area (Å²) in [5.74, 6) is 1.85. The zero-order valence-electron chi connectivity index (χ0n) is 20.2. The van der Waals surface area contributed by atoms with E-state index in [2.05, 4.69) is 24.0 Å². The Labute approximate surface area is 209 Å². The van der Waals surface area contributed by atoms with E-state index in [9.17, 15) is 9.90 Å². The molecule has 5 rings (SSSR count). The van der Waals surface area contributed by atoms with Gasteiger partial charge in [0.1, 0.15) is 11.5 Å². The number of hydrogen-bond acceptors (Lipinski definition) is 4. The first-order valence-corrected chi connectivity index (χ1v) is 11.9. The molecule has 4 aromatic carbocycles. The van der Waals surface area contributed by atoms with Crippen LogP contribution in [-0.2, 0) is 6.42 Å². The van der Waals surface area contributed by atoms with Gasteiger partial charge in [-0.3, -0.25) is 0 Å². The number of fused-ring (bicyclic) bond motifs is 2. The van der Waals surface area contributed by atoms with Crippen LogP contribution in [0.2, 0.25) is 0 Å². The molecule has 0 aliphatic carbocycles. The number of aromatic amines is 1. The van der Waals surface area contributed by atoms with Crippen LogP contribution in [0, 0.1) is 6.92 Å². The lowest BCUT2D eigenvalue weighted by Crippen LogP contribution is -2.06. The van der Waals surface area contributed by atoms with Crippen LogP contribution < -0.4 is 14.2 Å². The molecule has 36 heavy (non-hydrogen) atoms. The highest BCUT2D eigenvalue weighted by Crippen LogP contribution is 2.37. The second kappa shape index (κ2) is 10.0. The van der Waals surface area contributed by atoms with Gasteiger partial charge in [0.15, 0.2) is 0 Å². The number of para-hydroxylation sites is 1. The van der Waals surface area contributed by atoms with Gasteiger partial charge >= 0.3 is 6.16 Å². The van der Waals surface area contributed by atoms with Gasteiger partial charge in [-0.15, -0.1) is 0 Å². The number of hydrogen-bond donors (Lipinski definition) is 2. The molecule has 6 heteroatoms. The smallest absolute Gasteiger partial charge is 0.496 e. The van der Waals surface area contributed by atoms with E-state index in [-0.39, 0.29) is 5.88 Å². The van der Waals surface area contributed by atoms with Crippen LogP contribution in [0.15, 0.2) is 78.9 Å². The van der Waals surface area contributed by atoms with E-state index in [1.54, 1.807) is 7.11 Å². The average molecular weight is 482 g/mol. The fourth-order valence-corrected chi connectivity index (χ4v) is 4.75. The summed E-state index contributed by atoms with van der Waals surface area (Å²) in [6.45, 7) is 2.53. The number of carboxylic acid groups (broad SMARTS) is 1. The summed E-state index contributed by atoms with van der Waals surface area (Å²) in [6.07, 6.45) is -0.0765. The third-order valence-electron chi connectivity index (χ3n) is 6.42. The maximum atomic E-state index is 11.4. The first-order chi connectivity index (χ1) is 17.6. The standard InChI is InChI=1S/C30H27NO5/c1-19-9-3-4-10-20(19)23-13-7-14-24-25(29(31-28(23)24)36-30(32)33)15-8-18-35-27-17-16-26(34-2)21-11-5-6-12-22(21)27/h3-7,9-14,16-17,31H,8,15,18H2,1-2H3,(H,32,33). The minimum atomic E-state index is -1.35. The Morgan fingerprint density at radius 2 is 1.50 bits per heavy atom. The molecular formula is C30H27NO5. The molecule has 0 aliphatic heterocycles. The first kappa shape index (κ1) is 23.3. The molecule has 0 unspecified atom stereocenters. The third-order valence-corrected chi connectivity index (χ3v) is 6.42. The molecule has 0 bridgehead atoms. The summed E-state index contributed by atoms with van der Waals surface area (Å²) >= 11 is 0. The summed E-state index contributed by atoms with van der Waals surface area (Å²) < 4.78 is 16.8. The Morgan fingerprint density at radius 3 is 2.25 bits per heavy atom. The first-order valence-electron chi connectivity index (χ1n) is 11.9. The summed E-state index contributed by atoms with van der Waals surface area (Å²) in [5, 5.41) is 12.3. The van der Waals surface area contributed by atoms with Crippen LogP contribution in [0.4, 0.5) is 4.79 Å². The van der Waals surface area contributed by atoms with Gasteiger partial charge < -0.3 is 24.3 Å². The fourth-order valence-electron chi connectivity index (χ4n) is 4.75. The summed E-state index contributed by atoms with van der Waals surface area (Å²) in [6, 6.07) is 25.9. The largest absolute Gasteiger partial charge is 0.512 e. The van der Waals surface area contributed by atoms with Crippen molar-refractivity contribution in [2.45, 2.75) is 19.8 Å². The van der Waals surface area contributed by atoms with E-state index in [0.29, 0.717) is 19.4 Å². The van der Waals surface area contributed by atoms with Crippen LogP contribution in [0.1, 0.15) is 17.5 Å². The molecule has 6 nitrogen and oxygen atoms in total. The molecule has 5 aromatic rings. The second-order valence-electron chi connectivity index (χ2n) is 8.61. The molecule has 0 spiro atoms. The van der Waals surface area contributed by atoms with Crippen LogP contribution in [0.5, 0.6) is 17.4 Å². The van der Waals surface area contributed by atoms with Gasteiger partial charge in [0.25, 0.3) is 0 Å². The van der Waals surface area contributed by atoms with Crippen LogP contribution in [-0.4, -0.2) is 30.0 Å². The lowest BCUT2D eigenvalue weighted by molar-refractivity contribution is 0.142. The molecule has 0 amide bonds. The van der Waals surface area contributed by atoms with Crippen molar-refractivity contribution in [1.29, 1.82) is 0 Å². The number of aromatic nitrogens is 1. The Hall–Kier alpha value is -4.45. The zero-order chi connectivity index (χ0) is 25.1. The SMILES string of the molecule is COc1ccc(OCCCc2c(OC(=O)O)[nH]c3c(-c4ccccc4C)cccc23)c2ccccc12. The highest BCUT2D eigenvalue weighted by Gasteiger charge is 2.18. The van der Waals surface area contributed by atoms with E-state index in [4.69, 9.17) is 14.2 Å². The highest BCUT2D eigenvalue weighted by molar-refractivity contribution is 5.98. The maximum Gasteiger partial charge on any atom is 0.512 e. The van der Waals surface area contributed by atoms with Crippen molar-refractivity contribution in [2.24, 2.45) is 0 Å². The highest BCUT2D eigenvalue weighted by atomic mass is 16.7. The van der Waals surface area contributed by atoms with Crippen molar-refractivity contribution in [3.05, 3.63) is 90.0 Å². The van der Waals surface area contributed by atoms with Gasteiger partial charge in [0.2, 0.25) is 5.88 Å². The van der Waals surface area contributed by atoms with Crippen molar-refractivity contribution in [1.82, 2.24) is 4.98 Å². The quantitative estimate of drug-likeness (QED) is 0.179. The lowest BCUT2D eigenvalue weighted by Gasteiger charge is -2.12. The number of H-pyrrole nitrogens is 1. The van der Waals surface area contributed by atoms with Gasteiger partial charge in [0, 0.05) is 27.3 Å². The van der Waals surface area contributed by atoms with E-state index in [1.165, 1.54) is 0 Å². The van der Waals surface area contributed by atoms with Gasteiger partial charge in [-0.2, -0.15) is 0 Å². The van der Waals surface area contributed by atoms with Crippen molar-refractivity contribution in [3.63, 3.8) is 0 Å². The number of rotatable bonds is 8. The van der Waals surface area contributed by atoms with E-state index < -0.39 is 6.16 Å². The molecule has 0 saturated carbocycles. The minimum Gasteiger partial charge on any atom is -0.496 e. The number of ether oxygens (including phenoxy) is 3. The van der Waals surface area contributed by atoms with E-state index in [1.807, 2.05) is 66.7 Å².